The minimum absolute atomic E-state index is 0.115. The molecule has 1 N–H and O–H groups in total. The summed E-state index contributed by atoms with van der Waals surface area (Å²) in [4.78, 5) is 20.4. The van der Waals surface area contributed by atoms with E-state index < -0.39 is 0 Å². The number of hydrogen-bond acceptors (Lipinski definition) is 3. The highest BCUT2D eigenvalue weighted by molar-refractivity contribution is 5.66. The van der Waals surface area contributed by atoms with E-state index in [-0.39, 0.29) is 5.56 Å². The molecule has 1 aliphatic carbocycles. The third-order valence-electron chi connectivity index (χ3n) is 5.31. The van der Waals surface area contributed by atoms with Crippen molar-refractivity contribution in [1.82, 2.24) is 19.7 Å². The number of aromatic nitrogens is 4. The number of allylic oxidation sites excluding steroid dienone is 6. The Morgan fingerprint density at radius 3 is 2.94 bits per heavy atom. The molecule has 5 heteroatoms. The van der Waals surface area contributed by atoms with Gasteiger partial charge in [0.25, 0.3) is 5.56 Å². The summed E-state index contributed by atoms with van der Waals surface area (Å²) < 4.78 is 1.63. The topological polar surface area (TPSA) is 63.6 Å². The van der Waals surface area contributed by atoms with E-state index in [1.165, 1.54) is 11.1 Å². The van der Waals surface area contributed by atoms with Crippen molar-refractivity contribution in [1.29, 1.82) is 0 Å². The van der Waals surface area contributed by atoms with Gasteiger partial charge in [-0.3, -0.25) is 9.78 Å². The molecule has 156 valence electrons. The zero-order chi connectivity index (χ0) is 21.8. The first kappa shape index (κ1) is 20.5. The average Bonchev–Trinajstić information content (AvgIpc) is 3.41. The van der Waals surface area contributed by atoms with Crippen molar-refractivity contribution in [3.63, 3.8) is 0 Å². The maximum absolute atomic E-state index is 12.8. The lowest BCUT2D eigenvalue weighted by Crippen LogP contribution is -2.18. The van der Waals surface area contributed by atoms with Crippen molar-refractivity contribution < 1.29 is 0 Å². The number of nitrogens with zero attached hydrogens (tertiary/aromatic N) is 3. The summed E-state index contributed by atoms with van der Waals surface area (Å²) in [5.41, 5.74) is 6.72. The minimum atomic E-state index is -0.115. The van der Waals surface area contributed by atoms with Gasteiger partial charge in [0.15, 0.2) is 0 Å². The second kappa shape index (κ2) is 8.96. The Kier molecular flexibility index (Phi) is 5.94. The van der Waals surface area contributed by atoms with Crippen LogP contribution in [-0.4, -0.2) is 19.7 Å². The van der Waals surface area contributed by atoms with E-state index in [0.717, 1.165) is 35.4 Å². The predicted molar refractivity (Wildman–Crippen MR) is 126 cm³/mol. The van der Waals surface area contributed by atoms with E-state index in [9.17, 15) is 4.79 Å². The predicted octanol–water partition coefficient (Wildman–Crippen LogP) is 5.34. The molecule has 1 aromatic carbocycles. The van der Waals surface area contributed by atoms with Crippen molar-refractivity contribution in [2.75, 3.05) is 0 Å². The fourth-order valence-electron chi connectivity index (χ4n) is 3.79. The number of nitrogens with one attached hydrogen (secondary N) is 1. The first-order chi connectivity index (χ1) is 15.1. The minimum Gasteiger partial charge on any atom is -0.291 e. The van der Waals surface area contributed by atoms with E-state index in [2.05, 4.69) is 48.7 Å². The molecule has 0 spiro atoms. The first-order valence-corrected chi connectivity index (χ1v) is 10.5. The first-order valence-electron chi connectivity index (χ1n) is 10.5. The molecule has 0 atom stereocenters. The molecule has 0 fully saturated rings. The average molecular weight is 411 g/mol. The lowest BCUT2D eigenvalue weighted by molar-refractivity contribution is 0.796. The summed E-state index contributed by atoms with van der Waals surface area (Å²) in [7, 11) is 0. The van der Waals surface area contributed by atoms with E-state index in [1.807, 2.05) is 42.6 Å². The van der Waals surface area contributed by atoms with Crippen molar-refractivity contribution in [2.24, 2.45) is 0 Å². The zero-order valence-corrected chi connectivity index (χ0v) is 17.9. The van der Waals surface area contributed by atoms with Crippen molar-refractivity contribution >= 4 is 6.08 Å². The van der Waals surface area contributed by atoms with Crippen LogP contribution < -0.4 is 5.56 Å². The number of benzene rings is 1. The van der Waals surface area contributed by atoms with Gasteiger partial charge in [0.1, 0.15) is 0 Å². The number of aryl methyl sites for hydroxylation is 1. The van der Waals surface area contributed by atoms with Gasteiger partial charge in [-0.05, 0) is 42.7 Å². The molecular formula is C26H26N4O. The number of aromatic amines is 1. The lowest BCUT2D eigenvalue weighted by atomic mass is 9.99. The van der Waals surface area contributed by atoms with Gasteiger partial charge < -0.3 is 0 Å². The number of H-pyrrole nitrogens is 1. The van der Waals surface area contributed by atoms with Crippen LogP contribution in [0.25, 0.3) is 23.3 Å². The molecule has 0 bridgehead atoms. The van der Waals surface area contributed by atoms with Crippen LogP contribution in [0.1, 0.15) is 36.6 Å². The third-order valence-corrected chi connectivity index (χ3v) is 5.31. The second-order valence-corrected chi connectivity index (χ2v) is 7.68. The summed E-state index contributed by atoms with van der Waals surface area (Å²) in [6.07, 6.45) is 14.2. The molecule has 0 saturated carbocycles. The Hall–Kier alpha value is -3.73. The van der Waals surface area contributed by atoms with Gasteiger partial charge in [-0.15, -0.1) is 0 Å². The van der Waals surface area contributed by atoms with Gasteiger partial charge in [-0.25, -0.2) is 9.67 Å². The van der Waals surface area contributed by atoms with E-state index >= 15 is 0 Å². The smallest absolute Gasteiger partial charge is 0.256 e. The Morgan fingerprint density at radius 1 is 1.29 bits per heavy atom. The number of hydrogen-bond donors (Lipinski definition) is 1. The normalized spacial score (nSPS) is 13.5. The Balaban J connectivity index is 1.67. The molecule has 1 aliphatic rings. The number of fused-ring (bicyclic) bond motifs is 1. The lowest BCUT2D eigenvalue weighted by Gasteiger charge is -2.06. The van der Waals surface area contributed by atoms with Crippen LogP contribution in [0.2, 0.25) is 0 Å². The molecule has 2 aromatic heterocycles. The summed E-state index contributed by atoms with van der Waals surface area (Å²) in [5.74, 6) is 0.424. The van der Waals surface area contributed by atoms with Crippen molar-refractivity contribution in [3.05, 3.63) is 106 Å². The molecule has 31 heavy (non-hydrogen) atoms. The largest absolute Gasteiger partial charge is 0.291 e. The van der Waals surface area contributed by atoms with Crippen LogP contribution in [0.5, 0.6) is 0 Å². The highest BCUT2D eigenvalue weighted by atomic mass is 16.1. The highest BCUT2D eigenvalue weighted by Gasteiger charge is 2.21. The van der Waals surface area contributed by atoms with Crippen LogP contribution in [0.4, 0.5) is 0 Å². The molecule has 4 rings (SSSR count). The van der Waals surface area contributed by atoms with Crippen LogP contribution >= 0.6 is 0 Å². The Bertz CT molecular complexity index is 1270. The summed E-state index contributed by atoms with van der Waals surface area (Å²) in [6, 6.07) is 10.1. The van der Waals surface area contributed by atoms with Crippen molar-refractivity contribution in [3.8, 4) is 17.2 Å². The molecule has 0 amide bonds. The van der Waals surface area contributed by atoms with Gasteiger partial charge in [-0.2, -0.15) is 5.10 Å². The summed E-state index contributed by atoms with van der Waals surface area (Å²) in [5, 5.41) is 4.63. The molecule has 5 nitrogen and oxygen atoms in total. The molecule has 3 aromatic rings. The molecule has 0 saturated heterocycles. The second-order valence-electron chi connectivity index (χ2n) is 7.68. The maximum atomic E-state index is 12.8. The molecule has 0 radical (unpaired) electrons. The Labute approximate surface area is 182 Å². The van der Waals surface area contributed by atoms with Gasteiger partial charge >= 0.3 is 0 Å². The number of rotatable bonds is 7. The van der Waals surface area contributed by atoms with Crippen LogP contribution in [0, 0.1) is 6.92 Å². The van der Waals surface area contributed by atoms with Crippen LogP contribution in [0.15, 0.2) is 83.4 Å². The fraction of sp³-hybridized carbons (Fsp3) is 0.192. The van der Waals surface area contributed by atoms with Crippen LogP contribution in [-0.2, 0) is 6.42 Å². The fourth-order valence-corrected chi connectivity index (χ4v) is 3.79. The standard InChI is InChI=1S/C26H26N4O/c1-4-6-7-11-19(9-5-2)21-16-22-24(17-21)27-26(28-25(22)31)30-14-13-23(29-30)20-12-8-10-18(3)15-20/h4,6-8,10-15,17H,1,5,9,16H2,2-3H3,(H,27,28,31)/b7-6-,19-11+. The maximum Gasteiger partial charge on any atom is 0.256 e. The van der Waals surface area contributed by atoms with E-state index in [0.29, 0.717) is 17.9 Å². The quantitative estimate of drug-likeness (QED) is 0.535. The van der Waals surface area contributed by atoms with Gasteiger partial charge in [-0.1, -0.05) is 68.0 Å². The highest BCUT2D eigenvalue weighted by Crippen LogP contribution is 2.29. The Morgan fingerprint density at radius 2 is 2.16 bits per heavy atom. The monoisotopic (exact) mass is 410 g/mol. The van der Waals surface area contributed by atoms with Gasteiger partial charge in [0.05, 0.1) is 11.4 Å². The SMILES string of the molecule is C=C/C=C\C=C(/CCC)C1=Cc2nc(-n3ccc(-c4cccc(C)c4)n3)[nH]c(=O)c2C1. The molecule has 2 heterocycles. The summed E-state index contributed by atoms with van der Waals surface area (Å²) in [6.45, 7) is 7.92. The summed E-state index contributed by atoms with van der Waals surface area (Å²) >= 11 is 0. The van der Waals surface area contributed by atoms with E-state index in [4.69, 9.17) is 4.98 Å². The zero-order valence-electron chi connectivity index (χ0n) is 17.9. The van der Waals surface area contributed by atoms with E-state index in [1.54, 1.807) is 10.8 Å². The molecule has 0 unspecified atom stereocenters. The van der Waals surface area contributed by atoms with Crippen LogP contribution in [0.3, 0.4) is 0 Å². The van der Waals surface area contributed by atoms with Crippen molar-refractivity contribution in [2.45, 2.75) is 33.1 Å². The van der Waals surface area contributed by atoms with Gasteiger partial charge in [0.2, 0.25) is 5.95 Å². The van der Waals surface area contributed by atoms with Gasteiger partial charge in [0, 0.05) is 23.7 Å². The molecule has 0 aliphatic heterocycles. The molecular weight excluding hydrogens is 384 g/mol. The third kappa shape index (κ3) is 4.40.